The van der Waals surface area contributed by atoms with Gasteiger partial charge < -0.3 is 44.5 Å². The number of carbonyl (C=O) groups excluding carboxylic acids is 2. The zero-order valence-electron chi connectivity index (χ0n) is 18.5. The highest BCUT2D eigenvalue weighted by Crippen LogP contribution is 2.35. The zero-order valence-corrected chi connectivity index (χ0v) is 18.5. The van der Waals surface area contributed by atoms with Crippen LogP contribution in [-0.2, 0) is 14.2 Å². The van der Waals surface area contributed by atoms with Gasteiger partial charge in [0.15, 0.2) is 11.5 Å². The molecule has 1 unspecified atom stereocenters. The number of para-hydroxylation sites is 1. The third-order valence-corrected chi connectivity index (χ3v) is 5.93. The summed E-state index contributed by atoms with van der Waals surface area (Å²) in [6.45, 7) is -0.638. The van der Waals surface area contributed by atoms with E-state index in [9.17, 15) is 35.1 Å². The second-order valence-electron chi connectivity index (χ2n) is 8.23. The number of phenolic OH excluding ortho intramolecular Hbond substituents is 1. The number of cyclic esters (lactones) is 1. The van der Waals surface area contributed by atoms with Crippen LogP contribution in [0.15, 0.2) is 42.5 Å². The normalized spacial score (nSPS) is 27.7. The number of aliphatic hydroxyl groups is 4. The molecule has 0 amide bonds. The maximum absolute atomic E-state index is 12.5. The summed E-state index contributed by atoms with van der Waals surface area (Å²) in [4.78, 5) is 24.4. The van der Waals surface area contributed by atoms with Gasteiger partial charge in [-0.2, -0.15) is 0 Å². The molecule has 2 aliphatic rings. The zero-order chi connectivity index (χ0) is 25.1. The van der Waals surface area contributed by atoms with Crippen LogP contribution < -0.4 is 4.74 Å². The van der Waals surface area contributed by atoms with Crippen molar-refractivity contribution < 1.29 is 54.1 Å². The van der Waals surface area contributed by atoms with Crippen LogP contribution in [0.1, 0.15) is 45.2 Å². The van der Waals surface area contributed by atoms with E-state index < -0.39 is 55.1 Å². The molecular formula is C24H26O11. The molecule has 1 saturated heterocycles. The van der Waals surface area contributed by atoms with Crippen LogP contribution in [0, 0.1) is 0 Å². The van der Waals surface area contributed by atoms with Crippen molar-refractivity contribution in [2.75, 3.05) is 13.2 Å². The highest BCUT2D eigenvalue weighted by molar-refractivity contribution is 5.94. The minimum atomic E-state index is -1.68. The summed E-state index contributed by atoms with van der Waals surface area (Å²) in [5.74, 6) is -2.03. The third kappa shape index (κ3) is 5.09. The lowest BCUT2D eigenvalue weighted by Gasteiger charge is -2.39. The van der Waals surface area contributed by atoms with Gasteiger partial charge in [0.25, 0.3) is 0 Å². The SMILES string of the molecule is O=C1OC(CCCOC(=O)c2cccc(O[C@@H]3O[C@H](CO)[C@@H](O)[C@H](O)[C@H]3O)c2O)c2ccccc21. The average Bonchev–Trinajstić information content (AvgIpc) is 3.18. The van der Waals surface area contributed by atoms with E-state index in [4.69, 9.17) is 18.9 Å². The van der Waals surface area contributed by atoms with Crippen molar-refractivity contribution in [2.24, 2.45) is 0 Å². The topological polar surface area (TPSA) is 172 Å². The molecule has 2 aromatic carbocycles. The van der Waals surface area contributed by atoms with Gasteiger partial charge in [0.1, 0.15) is 36.1 Å². The quantitative estimate of drug-likeness (QED) is 0.256. The number of phenols is 1. The summed E-state index contributed by atoms with van der Waals surface area (Å²) >= 11 is 0. The molecule has 0 spiro atoms. The fourth-order valence-electron chi connectivity index (χ4n) is 4.02. The Labute approximate surface area is 200 Å². The van der Waals surface area contributed by atoms with E-state index in [2.05, 4.69) is 0 Å². The van der Waals surface area contributed by atoms with Crippen molar-refractivity contribution >= 4 is 11.9 Å². The first-order chi connectivity index (χ1) is 16.8. The van der Waals surface area contributed by atoms with Gasteiger partial charge in [-0.1, -0.05) is 24.3 Å². The number of aromatic hydroxyl groups is 1. The van der Waals surface area contributed by atoms with Gasteiger partial charge in [-0.3, -0.25) is 0 Å². The van der Waals surface area contributed by atoms with Gasteiger partial charge in [-0.25, -0.2) is 9.59 Å². The number of rotatable bonds is 8. The van der Waals surface area contributed by atoms with Gasteiger partial charge >= 0.3 is 11.9 Å². The van der Waals surface area contributed by atoms with E-state index in [1.807, 2.05) is 12.1 Å². The Hall–Kier alpha value is -3.22. The van der Waals surface area contributed by atoms with Crippen molar-refractivity contribution in [3.63, 3.8) is 0 Å². The Kier molecular flexibility index (Phi) is 7.53. The molecule has 11 nitrogen and oxygen atoms in total. The lowest BCUT2D eigenvalue weighted by atomic mass is 9.99. The Morgan fingerprint density at radius 1 is 1.00 bits per heavy atom. The highest BCUT2D eigenvalue weighted by Gasteiger charge is 2.45. The number of esters is 2. The molecule has 5 N–H and O–H groups in total. The summed E-state index contributed by atoms with van der Waals surface area (Å²) in [5.41, 5.74) is 1.11. The molecule has 4 rings (SSSR count). The van der Waals surface area contributed by atoms with Crippen molar-refractivity contribution in [1.29, 1.82) is 0 Å². The molecule has 1 fully saturated rings. The predicted octanol–water partition coefficient (Wildman–Crippen LogP) is 0.420. The van der Waals surface area contributed by atoms with Crippen molar-refractivity contribution in [1.82, 2.24) is 0 Å². The van der Waals surface area contributed by atoms with Crippen LogP contribution in [-0.4, -0.2) is 81.4 Å². The van der Waals surface area contributed by atoms with Crippen molar-refractivity contribution in [3.05, 3.63) is 59.2 Å². The number of fused-ring (bicyclic) bond motifs is 1. The molecule has 0 aromatic heterocycles. The number of aliphatic hydroxyl groups excluding tert-OH is 4. The van der Waals surface area contributed by atoms with E-state index in [1.54, 1.807) is 12.1 Å². The molecule has 2 aliphatic heterocycles. The highest BCUT2D eigenvalue weighted by atomic mass is 16.7. The van der Waals surface area contributed by atoms with Gasteiger partial charge in [0, 0.05) is 5.56 Å². The van der Waals surface area contributed by atoms with E-state index in [1.165, 1.54) is 18.2 Å². The number of carbonyl (C=O) groups is 2. The monoisotopic (exact) mass is 490 g/mol. The first kappa shape index (κ1) is 24.9. The third-order valence-electron chi connectivity index (χ3n) is 5.93. The molecule has 35 heavy (non-hydrogen) atoms. The second kappa shape index (κ2) is 10.6. The molecular weight excluding hydrogens is 464 g/mol. The van der Waals surface area contributed by atoms with Gasteiger partial charge in [-0.05, 0) is 31.0 Å². The number of benzene rings is 2. The Balaban J connectivity index is 1.33. The minimum Gasteiger partial charge on any atom is -0.504 e. The predicted molar refractivity (Wildman–Crippen MR) is 117 cm³/mol. The van der Waals surface area contributed by atoms with E-state index >= 15 is 0 Å². The van der Waals surface area contributed by atoms with Crippen molar-refractivity contribution in [3.8, 4) is 11.5 Å². The second-order valence-corrected chi connectivity index (χ2v) is 8.23. The van der Waals surface area contributed by atoms with Crippen LogP contribution in [0.25, 0.3) is 0 Å². The Bertz CT molecular complexity index is 1070. The molecule has 0 aliphatic carbocycles. The molecule has 11 heteroatoms. The molecule has 2 heterocycles. The fourth-order valence-corrected chi connectivity index (χ4v) is 4.02. The summed E-state index contributed by atoms with van der Waals surface area (Å²) < 4.78 is 21.3. The number of hydrogen-bond donors (Lipinski definition) is 5. The molecule has 0 radical (unpaired) electrons. The average molecular weight is 490 g/mol. The number of ether oxygens (including phenoxy) is 4. The van der Waals surface area contributed by atoms with E-state index in [0.29, 0.717) is 18.4 Å². The minimum absolute atomic E-state index is 0.00624. The standard InChI is InChI=1S/C24H26O11/c25-11-17-19(27)20(28)21(29)24(35-17)34-16-8-3-7-14(18(16)26)22(30)32-10-4-9-15-12-5-1-2-6-13(12)23(31)33-15/h1-3,5-8,15,17,19-21,24-29H,4,9-11H2/t15?,17-,19-,20+,21-,24-/m1/s1. The van der Waals surface area contributed by atoms with E-state index in [-0.39, 0.29) is 23.9 Å². The summed E-state index contributed by atoms with van der Waals surface area (Å²) in [5, 5.41) is 49.7. The largest absolute Gasteiger partial charge is 0.504 e. The summed E-state index contributed by atoms with van der Waals surface area (Å²) in [6, 6.07) is 11.1. The first-order valence-electron chi connectivity index (χ1n) is 11.1. The Morgan fingerprint density at radius 2 is 1.77 bits per heavy atom. The van der Waals surface area contributed by atoms with Crippen LogP contribution in [0.2, 0.25) is 0 Å². The first-order valence-corrected chi connectivity index (χ1v) is 11.1. The summed E-state index contributed by atoms with van der Waals surface area (Å²) in [7, 11) is 0. The lowest BCUT2D eigenvalue weighted by Crippen LogP contribution is -2.60. The smallest absolute Gasteiger partial charge is 0.342 e. The molecule has 2 aromatic rings. The van der Waals surface area contributed by atoms with Gasteiger partial charge in [0.05, 0.1) is 18.8 Å². The van der Waals surface area contributed by atoms with E-state index in [0.717, 1.165) is 5.56 Å². The Morgan fingerprint density at radius 3 is 2.54 bits per heavy atom. The van der Waals surface area contributed by atoms with Crippen LogP contribution in [0.5, 0.6) is 11.5 Å². The van der Waals surface area contributed by atoms with Gasteiger partial charge in [0.2, 0.25) is 6.29 Å². The lowest BCUT2D eigenvalue weighted by molar-refractivity contribution is -0.277. The van der Waals surface area contributed by atoms with Gasteiger partial charge in [-0.15, -0.1) is 0 Å². The van der Waals surface area contributed by atoms with Crippen molar-refractivity contribution in [2.45, 2.75) is 49.7 Å². The molecule has 188 valence electrons. The maximum atomic E-state index is 12.5. The summed E-state index contributed by atoms with van der Waals surface area (Å²) in [6.07, 6.45) is -7.20. The molecule has 0 saturated carbocycles. The fraction of sp³-hybridized carbons (Fsp3) is 0.417. The van der Waals surface area contributed by atoms with Crippen LogP contribution in [0.3, 0.4) is 0 Å². The van der Waals surface area contributed by atoms with Crippen LogP contribution >= 0.6 is 0 Å². The number of hydrogen-bond acceptors (Lipinski definition) is 11. The van der Waals surface area contributed by atoms with Crippen LogP contribution in [0.4, 0.5) is 0 Å². The molecule has 6 atom stereocenters. The maximum Gasteiger partial charge on any atom is 0.342 e. The molecule has 0 bridgehead atoms.